The first-order valence-electron chi connectivity index (χ1n) is 24.6. The van der Waals surface area contributed by atoms with Gasteiger partial charge in [-0.2, -0.15) is 17.5 Å². The molecule has 0 unspecified atom stereocenters. The van der Waals surface area contributed by atoms with Gasteiger partial charge in [-0.1, -0.05) is 64.4 Å². The molecule has 1 rings (SSSR count). The number of halogens is 3. The van der Waals surface area contributed by atoms with Gasteiger partial charge in [0.2, 0.25) is 75.0 Å². The minimum Gasteiger partial charge on any atom is -0.475 e. The zero-order valence-corrected chi connectivity index (χ0v) is 45.9. The number of rotatable bonds is 34. The van der Waals surface area contributed by atoms with E-state index in [1.165, 1.54) is 6.92 Å². The standard InChI is InChI=1S/C44H73N13O16S.C2HF3O2/c1-7-23(4)36(44(71)51-26(13-22(2)3)21-74(72,73)57(6)32(20-60)43(70)55-31(19-59)37(48)64)56-38(65)24(5)50-35(63)17-49-40(67)28(14-25-11-9-8-10-12-25)53-42(69)30(16-34(47)62)54-41(68)29(15-33(46)61)52-39(66)27(45)18-58;3-2(4,5)1(6)7/h8-12,22-24,26-32,36,58-60H,7,13-21,45H2,1-6H3,(H2,46,61)(H2,47,62)(H2,48,64)(H,49,67)(H,50,63)(H,51,71)(H,52,66)(H,53,69)(H,54,68)(H,55,70)(H,56,65);(H,6,7)/t23-,24-,26-,27-,28-,29-,30-,31-,32-,36-;/m0./s1. The molecule has 0 aromatic heterocycles. The number of carbonyl (C=O) groups is 12. The van der Waals surface area contributed by atoms with Crippen LogP contribution in [0.5, 0.6) is 0 Å². The van der Waals surface area contributed by atoms with Crippen molar-refractivity contribution in [2.24, 2.45) is 34.8 Å². The van der Waals surface area contributed by atoms with E-state index in [1.807, 2.05) is 0 Å². The summed E-state index contributed by atoms with van der Waals surface area (Å²) >= 11 is 0. The Morgan fingerprint density at radius 1 is 0.642 bits per heavy atom. The number of aliphatic hydroxyl groups excluding tert-OH is 3. The number of aliphatic carboxylic acids is 1. The van der Waals surface area contributed by atoms with E-state index in [-0.39, 0.29) is 18.8 Å². The van der Waals surface area contributed by atoms with Crippen molar-refractivity contribution < 1.29 is 99.5 Å². The lowest BCUT2D eigenvalue weighted by Crippen LogP contribution is -2.59. The van der Waals surface area contributed by atoms with E-state index < -0.39 is 192 Å². The fraction of sp³-hybridized carbons (Fsp3) is 0.609. The minimum atomic E-state index is -5.08. The number of amides is 11. The number of carboxylic acids is 1. The van der Waals surface area contributed by atoms with Crippen molar-refractivity contribution in [2.45, 2.75) is 127 Å². The molecule has 20 N–H and O–H groups in total. The number of nitrogens with zero attached hydrogens (tertiary/aromatic N) is 1. The summed E-state index contributed by atoms with van der Waals surface area (Å²) < 4.78 is 59.5. The number of primary amides is 3. The molecule has 11 amide bonds. The molecule has 0 fully saturated rings. The van der Waals surface area contributed by atoms with Gasteiger partial charge in [-0.3, -0.25) is 52.7 Å². The largest absolute Gasteiger partial charge is 0.490 e. The first-order chi connectivity index (χ1) is 37.5. The Morgan fingerprint density at radius 2 is 1.14 bits per heavy atom. The number of nitrogens with two attached hydrogens (primary N) is 4. The van der Waals surface area contributed by atoms with E-state index in [4.69, 9.17) is 32.8 Å². The van der Waals surface area contributed by atoms with E-state index in [0.717, 1.165) is 7.05 Å². The molecule has 0 spiro atoms. The second-order valence-electron chi connectivity index (χ2n) is 18.7. The highest BCUT2D eigenvalue weighted by Gasteiger charge is 2.39. The van der Waals surface area contributed by atoms with Crippen LogP contribution < -0.4 is 65.5 Å². The number of carbonyl (C=O) groups excluding carboxylic acids is 11. The minimum absolute atomic E-state index is 0.0885. The Bertz CT molecular complexity index is 2460. The molecule has 0 aliphatic heterocycles. The van der Waals surface area contributed by atoms with Crippen LogP contribution in [0.2, 0.25) is 0 Å². The number of hydrogen-bond acceptors (Lipinski definition) is 18. The molecule has 81 heavy (non-hydrogen) atoms. The zero-order chi connectivity index (χ0) is 62.7. The normalized spacial score (nSPS) is 15.1. The van der Waals surface area contributed by atoms with Crippen LogP contribution in [0.3, 0.4) is 0 Å². The molecular formula is C46H74F3N13O18S. The Labute approximate surface area is 463 Å². The highest BCUT2D eigenvalue weighted by Crippen LogP contribution is 2.16. The summed E-state index contributed by atoms with van der Waals surface area (Å²) in [4.78, 5) is 150. The van der Waals surface area contributed by atoms with E-state index in [9.17, 15) is 89.6 Å². The summed E-state index contributed by atoms with van der Waals surface area (Å²) in [6.45, 7) is 4.59. The third-order valence-corrected chi connectivity index (χ3v) is 13.4. The van der Waals surface area contributed by atoms with E-state index in [0.29, 0.717) is 16.3 Å². The maximum Gasteiger partial charge on any atom is 0.490 e. The Balaban J connectivity index is 0.00000852. The quantitative estimate of drug-likeness (QED) is 0.0305. The predicted octanol–water partition coefficient (Wildman–Crippen LogP) is -7.35. The maximum absolute atomic E-state index is 13.9. The second kappa shape index (κ2) is 35.2. The van der Waals surface area contributed by atoms with Crippen LogP contribution in [0, 0.1) is 11.8 Å². The third-order valence-electron chi connectivity index (χ3n) is 11.5. The number of likely N-dealkylation sites (N-methyl/N-ethyl adjacent to an activating group) is 1. The SMILES string of the molecule is CC[C@H](C)[C@H](NC(=O)[C@H](C)NC(=O)CNC(=O)[C@H](Cc1ccccc1)NC(=O)[C@H](CC(N)=O)NC(=O)[C@H](CC(N)=O)NC(=O)[C@@H](N)CO)C(=O)N[C@@H](CC(C)C)CS(=O)(=O)N(C)[C@@H](CO)C(=O)N[C@@H](CO)C(N)=O.O=C(O)C(F)(F)F. The molecule has 35 heteroatoms. The summed E-state index contributed by atoms with van der Waals surface area (Å²) in [5.41, 5.74) is 21.7. The third kappa shape index (κ3) is 27.4. The molecule has 0 heterocycles. The average molecular weight is 1190 g/mol. The summed E-state index contributed by atoms with van der Waals surface area (Å²) in [6, 6.07) is -5.45. The molecule has 31 nitrogen and oxygen atoms in total. The Morgan fingerprint density at radius 3 is 1.57 bits per heavy atom. The van der Waals surface area contributed by atoms with Crippen molar-refractivity contribution >= 4 is 81.0 Å². The molecule has 0 aliphatic rings. The van der Waals surface area contributed by atoms with Crippen LogP contribution in [0.1, 0.15) is 65.9 Å². The number of aliphatic hydroxyl groups is 3. The van der Waals surface area contributed by atoms with Crippen molar-refractivity contribution in [3.8, 4) is 0 Å². The first-order valence-corrected chi connectivity index (χ1v) is 26.2. The predicted molar refractivity (Wildman–Crippen MR) is 276 cm³/mol. The van der Waals surface area contributed by atoms with Crippen LogP contribution in [-0.4, -0.2) is 204 Å². The summed E-state index contributed by atoms with van der Waals surface area (Å²) in [7, 11) is -3.47. The van der Waals surface area contributed by atoms with Crippen molar-refractivity contribution in [2.75, 3.05) is 39.2 Å². The van der Waals surface area contributed by atoms with E-state index in [1.54, 1.807) is 58.0 Å². The van der Waals surface area contributed by atoms with E-state index >= 15 is 0 Å². The second-order valence-corrected chi connectivity index (χ2v) is 20.7. The summed E-state index contributed by atoms with van der Waals surface area (Å²) in [6.07, 6.45) is -6.50. The van der Waals surface area contributed by atoms with Gasteiger partial charge in [0.05, 0.1) is 45.0 Å². The van der Waals surface area contributed by atoms with Crippen LogP contribution in [-0.2, 0) is 74.0 Å². The van der Waals surface area contributed by atoms with Gasteiger partial charge in [0.1, 0.15) is 48.3 Å². The van der Waals surface area contributed by atoms with Gasteiger partial charge in [0.25, 0.3) is 0 Å². The molecule has 0 aliphatic carbocycles. The lowest BCUT2D eigenvalue weighted by molar-refractivity contribution is -0.192. The van der Waals surface area contributed by atoms with Crippen molar-refractivity contribution in [1.29, 1.82) is 0 Å². The van der Waals surface area contributed by atoms with Gasteiger partial charge in [-0.25, -0.2) is 13.2 Å². The van der Waals surface area contributed by atoms with Gasteiger partial charge in [0.15, 0.2) is 0 Å². The van der Waals surface area contributed by atoms with Crippen LogP contribution >= 0.6 is 0 Å². The smallest absolute Gasteiger partial charge is 0.475 e. The Kier molecular flexibility index (Phi) is 31.9. The van der Waals surface area contributed by atoms with Crippen LogP contribution in [0.4, 0.5) is 13.2 Å². The monoisotopic (exact) mass is 1190 g/mol. The van der Waals surface area contributed by atoms with Crippen molar-refractivity contribution in [3.05, 3.63) is 35.9 Å². The lowest BCUT2D eigenvalue weighted by Gasteiger charge is -2.31. The Hall–Kier alpha value is -7.60. The van der Waals surface area contributed by atoms with Gasteiger partial charge in [-0.05, 0) is 30.7 Å². The van der Waals surface area contributed by atoms with Gasteiger partial charge in [0, 0.05) is 19.5 Å². The number of sulfonamides is 1. The number of benzene rings is 1. The molecule has 0 saturated carbocycles. The van der Waals surface area contributed by atoms with Crippen LogP contribution in [0.15, 0.2) is 30.3 Å². The molecule has 458 valence electrons. The fourth-order valence-electron chi connectivity index (χ4n) is 6.85. The number of hydrogen-bond donors (Lipinski definition) is 16. The summed E-state index contributed by atoms with van der Waals surface area (Å²) in [5.74, 6) is -15.6. The highest BCUT2D eigenvalue weighted by atomic mass is 32.2. The number of carboxylic acid groups (broad SMARTS) is 1. The maximum atomic E-state index is 13.9. The molecule has 1 aromatic carbocycles. The lowest BCUT2D eigenvalue weighted by atomic mass is 9.97. The molecule has 0 radical (unpaired) electrons. The van der Waals surface area contributed by atoms with Crippen molar-refractivity contribution in [3.63, 3.8) is 0 Å². The first kappa shape index (κ1) is 73.4. The average Bonchev–Trinajstić information content (AvgIpc) is 3.36. The molecule has 0 saturated heterocycles. The van der Waals surface area contributed by atoms with Gasteiger partial charge in [-0.15, -0.1) is 0 Å². The van der Waals surface area contributed by atoms with Gasteiger partial charge >= 0.3 is 12.1 Å². The topological polar surface area (TPSA) is 523 Å². The molecule has 1 aromatic rings. The highest BCUT2D eigenvalue weighted by molar-refractivity contribution is 7.89. The van der Waals surface area contributed by atoms with E-state index in [2.05, 4.69) is 42.5 Å². The molecular weight excluding hydrogens is 1110 g/mol. The molecule has 0 bridgehead atoms. The van der Waals surface area contributed by atoms with Gasteiger partial charge < -0.3 is 85.9 Å². The van der Waals surface area contributed by atoms with Crippen LogP contribution in [0.25, 0.3) is 0 Å². The summed E-state index contributed by atoms with van der Waals surface area (Å²) in [5, 5.41) is 54.4. The molecule has 10 atom stereocenters. The fourth-order valence-corrected chi connectivity index (χ4v) is 8.36. The number of nitrogens with one attached hydrogen (secondary N) is 8. The zero-order valence-electron chi connectivity index (χ0n) is 45.1. The van der Waals surface area contributed by atoms with Crippen molar-refractivity contribution in [1.82, 2.24) is 46.8 Å². The number of alkyl halides is 3.